The zero-order chi connectivity index (χ0) is 12.3. The van der Waals surface area contributed by atoms with Gasteiger partial charge >= 0.3 is 0 Å². The molecular formula is C15H25NO. The highest BCUT2D eigenvalue weighted by Crippen LogP contribution is 2.03. The molecule has 1 N–H and O–H groups in total. The van der Waals surface area contributed by atoms with E-state index in [1.165, 1.54) is 12.0 Å². The Labute approximate surface area is 105 Å². The summed E-state index contributed by atoms with van der Waals surface area (Å²) in [5.74, 6) is 0. The molecule has 0 aromatic heterocycles. The van der Waals surface area contributed by atoms with Gasteiger partial charge in [-0.15, -0.1) is 0 Å². The molecular weight excluding hydrogens is 210 g/mol. The lowest BCUT2D eigenvalue weighted by Gasteiger charge is -2.20. The van der Waals surface area contributed by atoms with Crippen LogP contribution in [0.4, 0.5) is 0 Å². The molecule has 0 bridgehead atoms. The Kier molecular flexibility index (Phi) is 7.69. The fraction of sp³-hybridized carbons (Fsp3) is 0.600. The van der Waals surface area contributed by atoms with Gasteiger partial charge in [0.05, 0.1) is 0 Å². The van der Waals surface area contributed by atoms with Crippen LogP contribution in [0.3, 0.4) is 0 Å². The van der Waals surface area contributed by atoms with Crippen molar-refractivity contribution in [2.75, 3.05) is 26.2 Å². The second-order valence-electron chi connectivity index (χ2n) is 4.45. The van der Waals surface area contributed by atoms with Gasteiger partial charge in [-0.05, 0) is 44.3 Å². The van der Waals surface area contributed by atoms with Crippen LogP contribution < -0.4 is 0 Å². The SMILES string of the molecule is CCN(CCCCCO)CCc1ccccc1. The predicted octanol–water partition coefficient (Wildman–Crippen LogP) is 2.71. The first-order valence-electron chi connectivity index (χ1n) is 6.74. The van der Waals surface area contributed by atoms with E-state index in [0.29, 0.717) is 6.61 Å². The average Bonchev–Trinajstić information content (AvgIpc) is 2.39. The molecule has 0 aliphatic rings. The standard InChI is InChI=1S/C15H25NO/c1-2-16(12-7-4-8-14-17)13-11-15-9-5-3-6-10-15/h3,5-6,9-10,17H,2,4,7-8,11-14H2,1H3. The van der Waals surface area contributed by atoms with E-state index in [0.717, 1.165) is 38.9 Å². The Balaban J connectivity index is 2.18. The maximum Gasteiger partial charge on any atom is 0.0431 e. The largest absolute Gasteiger partial charge is 0.396 e. The number of hydrogen-bond donors (Lipinski definition) is 1. The number of aliphatic hydroxyl groups excluding tert-OH is 1. The van der Waals surface area contributed by atoms with Crippen LogP contribution in [0.5, 0.6) is 0 Å². The molecule has 0 aliphatic heterocycles. The molecule has 2 heteroatoms. The van der Waals surface area contributed by atoms with Crippen molar-refractivity contribution < 1.29 is 5.11 Å². The second-order valence-corrected chi connectivity index (χ2v) is 4.45. The van der Waals surface area contributed by atoms with Gasteiger partial charge < -0.3 is 10.0 Å². The van der Waals surface area contributed by atoms with E-state index in [-0.39, 0.29) is 0 Å². The van der Waals surface area contributed by atoms with Gasteiger partial charge in [0.15, 0.2) is 0 Å². The van der Waals surface area contributed by atoms with Crippen LogP contribution >= 0.6 is 0 Å². The number of aliphatic hydroxyl groups is 1. The Hall–Kier alpha value is -0.860. The number of likely N-dealkylation sites (N-methyl/N-ethyl adjacent to an activating group) is 1. The van der Waals surface area contributed by atoms with Crippen molar-refractivity contribution in [1.82, 2.24) is 4.90 Å². The summed E-state index contributed by atoms with van der Waals surface area (Å²) in [5.41, 5.74) is 1.42. The van der Waals surface area contributed by atoms with E-state index in [4.69, 9.17) is 5.11 Å². The van der Waals surface area contributed by atoms with Crippen LogP contribution in [-0.4, -0.2) is 36.2 Å². The highest BCUT2D eigenvalue weighted by molar-refractivity contribution is 5.14. The van der Waals surface area contributed by atoms with Crippen molar-refractivity contribution in [3.8, 4) is 0 Å². The van der Waals surface area contributed by atoms with Gasteiger partial charge in [0.1, 0.15) is 0 Å². The summed E-state index contributed by atoms with van der Waals surface area (Å²) in [6.45, 7) is 5.96. The predicted molar refractivity (Wildman–Crippen MR) is 73.2 cm³/mol. The number of hydrogen-bond acceptors (Lipinski definition) is 2. The van der Waals surface area contributed by atoms with Crippen LogP contribution in [0.1, 0.15) is 31.7 Å². The van der Waals surface area contributed by atoms with Gasteiger partial charge in [0, 0.05) is 13.2 Å². The van der Waals surface area contributed by atoms with Crippen LogP contribution in [0.25, 0.3) is 0 Å². The molecule has 0 saturated carbocycles. The van der Waals surface area contributed by atoms with E-state index in [1.807, 2.05) is 0 Å². The Bertz CT molecular complexity index is 274. The third kappa shape index (κ3) is 6.44. The van der Waals surface area contributed by atoms with E-state index >= 15 is 0 Å². The Morgan fingerprint density at radius 2 is 1.76 bits per heavy atom. The van der Waals surface area contributed by atoms with Crippen LogP contribution in [0.2, 0.25) is 0 Å². The van der Waals surface area contributed by atoms with E-state index < -0.39 is 0 Å². The van der Waals surface area contributed by atoms with Gasteiger partial charge in [-0.2, -0.15) is 0 Å². The number of rotatable bonds is 9. The lowest BCUT2D eigenvalue weighted by molar-refractivity contribution is 0.261. The van der Waals surface area contributed by atoms with Crippen molar-refractivity contribution >= 4 is 0 Å². The summed E-state index contributed by atoms with van der Waals surface area (Å²) < 4.78 is 0. The van der Waals surface area contributed by atoms with Crippen LogP contribution in [0.15, 0.2) is 30.3 Å². The maximum atomic E-state index is 8.73. The molecule has 1 rings (SSSR count). The average molecular weight is 235 g/mol. The van der Waals surface area contributed by atoms with Gasteiger partial charge in [-0.3, -0.25) is 0 Å². The molecule has 1 aromatic carbocycles. The normalized spacial score (nSPS) is 11.0. The van der Waals surface area contributed by atoms with Crippen molar-refractivity contribution in [2.45, 2.75) is 32.6 Å². The molecule has 0 unspecified atom stereocenters. The minimum absolute atomic E-state index is 0.330. The highest BCUT2D eigenvalue weighted by atomic mass is 16.2. The van der Waals surface area contributed by atoms with Gasteiger partial charge in [0.25, 0.3) is 0 Å². The summed E-state index contributed by atoms with van der Waals surface area (Å²) in [4.78, 5) is 2.49. The first-order valence-corrected chi connectivity index (χ1v) is 6.74. The molecule has 0 radical (unpaired) electrons. The smallest absolute Gasteiger partial charge is 0.0431 e. The molecule has 1 aromatic rings. The van der Waals surface area contributed by atoms with Crippen molar-refractivity contribution in [3.63, 3.8) is 0 Å². The van der Waals surface area contributed by atoms with Gasteiger partial charge in [0.2, 0.25) is 0 Å². The van der Waals surface area contributed by atoms with Crippen molar-refractivity contribution in [3.05, 3.63) is 35.9 Å². The summed E-state index contributed by atoms with van der Waals surface area (Å²) in [5, 5.41) is 8.73. The van der Waals surface area contributed by atoms with Crippen molar-refractivity contribution in [1.29, 1.82) is 0 Å². The number of benzene rings is 1. The zero-order valence-electron chi connectivity index (χ0n) is 10.9. The van der Waals surface area contributed by atoms with Crippen molar-refractivity contribution in [2.24, 2.45) is 0 Å². The first-order chi connectivity index (χ1) is 8.36. The molecule has 0 atom stereocenters. The molecule has 0 aliphatic carbocycles. The Morgan fingerprint density at radius 1 is 1.00 bits per heavy atom. The number of unbranched alkanes of at least 4 members (excludes halogenated alkanes) is 2. The minimum Gasteiger partial charge on any atom is -0.396 e. The lowest BCUT2D eigenvalue weighted by atomic mass is 10.1. The molecule has 17 heavy (non-hydrogen) atoms. The topological polar surface area (TPSA) is 23.5 Å². The summed E-state index contributed by atoms with van der Waals surface area (Å²) >= 11 is 0. The molecule has 0 amide bonds. The summed E-state index contributed by atoms with van der Waals surface area (Å²) in [7, 11) is 0. The van der Waals surface area contributed by atoms with E-state index in [2.05, 4.69) is 42.2 Å². The van der Waals surface area contributed by atoms with E-state index in [9.17, 15) is 0 Å². The molecule has 2 nitrogen and oxygen atoms in total. The van der Waals surface area contributed by atoms with E-state index in [1.54, 1.807) is 0 Å². The zero-order valence-corrected chi connectivity index (χ0v) is 10.9. The maximum absolute atomic E-state index is 8.73. The molecule has 0 fully saturated rings. The lowest BCUT2D eigenvalue weighted by Crippen LogP contribution is -2.27. The second kappa shape index (κ2) is 9.20. The molecule has 0 spiro atoms. The highest BCUT2D eigenvalue weighted by Gasteiger charge is 2.02. The first kappa shape index (κ1) is 14.2. The number of nitrogens with zero attached hydrogens (tertiary/aromatic N) is 1. The fourth-order valence-corrected chi connectivity index (χ4v) is 1.98. The fourth-order valence-electron chi connectivity index (χ4n) is 1.98. The van der Waals surface area contributed by atoms with Crippen LogP contribution in [-0.2, 0) is 6.42 Å². The van der Waals surface area contributed by atoms with Gasteiger partial charge in [-0.1, -0.05) is 37.3 Å². The van der Waals surface area contributed by atoms with Gasteiger partial charge in [-0.25, -0.2) is 0 Å². The minimum atomic E-state index is 0.330. The Morgan fingerprint density at radius 3 is 2.41 bits per heavy atom. The molecule has 0 heterocycles. The quantitative estimate of drug-likeness (QED) is 0.665. The molecule has 96 valence electrons. The monoisotopic (exact) mass is 235 g/mol. The van der Waals surface area contributed by atoms with Crippen LogP contribution in [0, 0.1) is 0 Å². The third-order valence-electron chi connectivity index (χ3n) is 3.14. The summed E-state index contributed by atoms with van der Waals surface area (Å²) in [6.07, 6.45) is 4.41. The summed E-state index contributed by atoms with van der Waals surface area (Å²) in [6, 6.07) is 10.7. The third-order valence-corrected chi connectivity index (χ3v) is 3.14. The molecule has 0 saturated heterocycles.